The second kappa shape index (κ2) is 6.94. The van der Waals surface area contributed by atoms with Crippen LogP contribution < -0.4 is 5.32 Å². The fourth-order valence-electron chi connectivity index (χ4n) is 5.66. The lowest BCUT2D eigenvalue weighted by molar-refractivity contribution is -0.385. The lowest BCUT2D eigenvalue weighted by Gasteiger charge is -2.54. The van der Waals surface area contributed by atoms with Crippen molar-refractivity contribution < 1.29 is 19.2 Å². The first-order chi connectivity index (χ1) is 12.9. The van der Waals surface area contributed by atoms with Gasteiger partial charge in [-0.25, -0.2) is 4.79 Å². The van der Waals surface area contributed by atoms with Crippen LogP contribution >= 0.6 is 0 Å². The fraction of sp³-hybridized carbons (Fsp3) is 0.600. The molecule has 4 saturated carbocycles. The second-order valence-electron chi connectivity index (χ2n) is 8.33. The average Bonchev–Trinajstić information content (AvgIpc) is 2.61. The molecular formula is C20H24N2O5. The molecule has 1 aromatic rings. The van der Waals surface area contributed by atoms with Crippen molar-refractivity contribution in [3.8, 4) is 0 Å². The zero-order valence-corrected chi connectivity index (χ0v) is 15.3. The molecule has 4 aliphatic carbocycles. The van der Waals surface area contributed by atoms with Crippen LogP contribution in [0.1, 0.15) is 48.0 Å². The highest BCUT2D eigenvalue weighted by Gasteiger charge is 2.48. The molecule has 4 bridgehead atoms. The van der Waals surface area contributed by atoms with Gasteiger partial charge in [-0.15, -0.1) is 0 Å². The minimum absolute atomic E-state index is 0.123. The Kier molecular flexibility index (Phi) is 4.61. The van der Waals surface area contributed by atoms with Gasteiger partial charge in [0.25, 0.3) is 11.6 Å². The zero-order valence-electron chi connectivity index (χ0n) is 15.3. The van der Waals surface area contributed by atoms with Crippen molar-refractivity contribution in [2.24, 2.45) is 23.7 Å². The second-order valence-corrected chi connectivity index (χ2v) is 8.33. The van der Waals surface area contributed by atoms with E-state index in [0.717, 1.165) is 11.8 Å². The Morgan fingerprint density at radius 3 is 2.37 bits per heavy atom. The van der Waals surface area contributed by atoms with Gasteiger partial charge >= 0.3 is 5.97 Å². The van der Waals surface area contributed by atoms with Crippen LogP contribution in [0.25, 0.3) is 0 Å². The zero-order chi connectivity index (χ0) is 19.1. The van der Waals surface area contributed by atoms with Gasteiger partial charge in [0.05, 0.1) is 4.92 Å². The summed E-state index contributed by atoms with van der Waals surface area (Å²) < 4.78 is 5.07. The number of nitro benzene ring substituents is 1. The molecule has 0 atom stereocenters. The Morgan fingerprint density at radius 2 is 1.78 bits per heavy atom. The Morgan fingerprint density at radius 1 is 1.15 bits per heavy atom. The molecule has 4 fully saturated rings. The lowest BCUT2D eigenvalue weighted by atomic mass is 9.54. The summed E-state index contributed by atoms with van der Waals surface area (Å²) in [6, 6.07) is 4.65. The van der Waals surface area contributed by atoms with Gasteiger partial charge in [0.15, 0.2) is 6.61 Å². The Balaban J connectivity index is 1.35. The van der Waals surface area contributed by atoms with Crippen LogP contribution in [0.15, 0.2) is 18.2 Å². The number of ether oxygens (including phenoxy) is 1. The summed E-state index contributed by atoms with van der Waals surface area (Å²) in [4.78, 5) is 35.2. The maximum absolute atomic E-state index is 12.3. The van der Waals surface area contributed by atoms with Crippen molar-refractivity contribution >= 4 is 17.6 Å². The molecule has 4 aliphatic rings. The highest BCUT2D eigenvalue weighted by atomic mass is 16.6. The number of nitrogens with one attached hydrogen (secondary N) is 1. The molecule has 0 unspecified atom stereocenters. The average molecular weight is 372 g/mol. The van der Waals surface area contributed by atoms with E-state index in [-0.39, 0.29) is 23.2 Å². The summed E-state index contributed by atoms with van der Waals surface area (Å²) in [6.07, 6.45) is 6.10. The van der Waals surface area contributed by atoms with Crippen LogP contribution in [0, 0.1) is 40.7 Å². The number of carbonyl (C=O) groups excluding carboxylic acids is 2. The third kappa shape index (κ3) is 3.42. The van der Waals surface area contributed by atoms with E-state index in [1.54, 1.807) is 19.1 Å². The van der Waals surface area contributed by atoms with Crippen LogP contribution in [-0.4, -0.2) is 29.4 Å². The lowest BCUT2D eigenvalue weighted by Crippen LogP contribution is -2.56. The van der Waals surface area contributed by atoms with E-state index in [1.165, 1.54) is 38.2 Å². The summed E-state index contributed by atoms with van der Waals surface area (Å²) in [5.41, 5.74) is -0.0149. The van der Waals surface area contributed by atoms with E-state index < -0.39 is 17.5 Å². The number of rotatable bonds is 5. The standard InChI is InChI=1S/C20H24N2O5/c1-11-3-2-4-16(19(11)22(25)26)20(24)27-10-17(23)21-18-14-6-12-5-13(8-14)9-15(18)7-12/h2-4,12-15,18H,5-10H2,1H3,(H,21,23). The minimum atomic E-state index is -0.842. The van der Waals surface area contributed by atoms with Crippen molar-refractivity contribution in [3.63, 3.8) is 0 Å². The molecule has 7 heteroatoms. The summed E-state index contributed by atoms with van der Waals surface area (Å²) in [7, 11) is 0. The first kappa shape index (κ1) is 17.9. The van der Waals surface area contributed by atoms with Gasteiger partial charge in [-0.1, -0.05) is 12.1 Å². The van der Waals surface area contributed by atoms with Crippen LogP contribution in [-0.2, 0) is 9.53 Å². The number of aryl methyl sites for hydroxylation is 1. The molecule has 0 heterocycles. The largest absolute Gasteiger partial charge is 0.452 e. The topological polar surface area (TPSA) is 98.5 Å². The van der Waals surface area contributed by atoms with Crippen molar-refractivity contribution in [3.05, 3.63) is 39.4 Å². The molecule has 1 aromatic carbocycles. The van der Waals surface area contributed by atoms with Gasteiger partial charge in [-0.2, -0.15) is 0 Å². The van der Waals surface area contributed by atoms with Crippen LogP contribution in [0.2, 0.25) is 0 Å². The first-order valence-corrected chi connectivity index (χ1v) is 9.63. The van der Waals surface area contributed by atoms with Crippen molar-refractivity contribution in [1.29, 1.82) is 0 Å². The van der Waals surface area contributed by atoms with Gasteiger partial charge in [-0.3, -0.25) is 14.9 Å². The van der Waals surface area contributed by atoms with Crippen LogP contribution in [0.3, 0.4) is 0 Å². The predicted octanol–water partition coefficient (Wildman–Crippen LogP) is 3.00. The van der Waals surface area contributed by atoms with Gasteiger partial charge in [0, 0.05) is 11.6 Å². The summed E-state index contributed by atoms with van der Waals surface area (Å²) in [6.45, 7) is 1.15. The van der Waals surface area contributed by atoms with Crippen molar-refractivity contribution in [2.75, 3.05) is 6.61 Å². The van der Waals surface area contributed by atoms with Gasteiger partial charge in [0.1, 0.15) is 5.56 Å². The van der Waals surface area contributed by atoms with E-state index >= 15 is 0 Å². The Hall–Kier alpha value is -2.44. The molecule has 1 amide bonds. The highest BCUT2D eigenvalue weighted by molar-refractivity contribution is 5.95. The van der Waals surface area contributed by atoms with Crippen molar-refractivity contribution in [1.82, 2.24) is 5.32 Å². The Labute approximate surface area is 157 Å². The van der Waals surface area contributed by atoms with Gasteiger partial charge in [0.2, 0.25) is 0 Å². The normalized spacial score (nSPS) is 30.8. The number of esters is 1. The number of nitro groups is 1. The highest BCUT2D eigenvalue weighted by Crippen LogP contribution is 2.53. The maximum Gasteiger partial charge on any atom is 0.345 e. The molecule has 0 radical (unpaired) electrons. The molecule has 0 saturated heterocycles. The van der Waals surface area contributed by atoms with Gasteiger partial charge in [-0.05, 0) is 68.8 Å². The van der Waals surface area contributed by atoms with E-state index in [4.69, 9.17) is 4.74 Å². The van der Waals surface area contributed by atoms with Crippen LogP contribution in [0.5, 0.6) is 0 Å². The predicted molar refractivity (Wildman–Crippen MR) is 97.1 cm³/mol. The van der Waals surface area contributed by atoms with E-state index in [0.29, 0.717) is 17.4 Å². The molecule has 7 nitrogen and oxygen atoms in total. The molecule has 0 aromatic heterocycles. The first-order valence-electron chi connectivity index (χ1n) is 9.63. The number of para-hydroxylation sites is 1. The van der Waals surface area contributed by atoms with E-state index in [1.807, 2.05) is 0 Å². The van der Waals surface area contributed by atoms with Gasteiger partial charge < -0.3 is 10.1 Å². The monoisotopic (exact) mass is 372 g/mol. The number of carbonyl (C=O) groups is 2. The molecule has 1 N–H and O–H groups in total. The summed E-state index contributed by atoms with van der Waals surface area (Å²) in [5.74, 6) is 1.56. The van der Waals surface area contributed by atoms with Crippen molar-refractivity contribution in [2.45, 2.75) is 45.1 Å². The number of hydrogen-bond donors (Lipinski definition) is 1. The minimum Gasteiger partial charge on any atom is -0.452 e. The molecule has 27 heavy (non-hydrogen) atoms. The Bertz CT molecular complexity index is 763. The van der Waals surface area contributed by atoms with E-state index in [9.17, 15) is 19.7 Å². The van der Waals surface area contributed by atoms with Crippen LogP contribution in [0.4, 0.5) is 5.69 Å². The SMILES string of the molecule is Cc1cccc(C(=O)OCC(=O)NC2C3CC4CC(C3)CC2C4)c1[N+](=O)[O-]. The third-order valence-electron chi connectivity index (χ3n) is 6.53. The molecule has 5 rings (SSSR count). The summed E-state index contributed by atoms with van der Waals surface area (Å²) in [5, 5.41) is 14.3. The smallest absolute Gasteiger partial charge is 0.345 e. The molecule has 0 spiro atoms. The number of nitrogens with zero attached hydrogens (tertiary/aromatic N) is 1. The molecule has 0 aliphatic heterocycles. The fourth-order valence-corrected chi connectivity index (χ4v) is 5.66. The van der Waals surface area contributed by atoms with E-state index in [2.05, 4.69) is 5.32 Å². The third-order valence-corrected chi connectivity index (χ3v) is 6.53. The number of benzene rings is 1. The number of amides is 1. The molecule has 144 valence electrons. The quantitative estimate of drug-likeness (QED) is 0.487. The summed E-state index contributed by atoms with van der Waals surface area (Å²) >= 11 is 0. The number of hydrogen-bond acceptors (Lipinski definition) is 5. The maximum atomic E-state index is 12.3. The molecular weight excluding hydrogens is 348 g/mol.